The van der Waals surface area contributed by atoms with Crippen molar-refractivity contribution in [3.63, 3.8) is 0 Å². The number of nitrogens with zero attached hydrogens (tertiary/aromatic N) is 3. The third-order valence-electron chi connectivity index (χ3n) is 6.90. The fourth-order valence-corrected chi connectivity index (χ4v) is 6.52. The van der Waals surface area contributed by atoms with Crippen molar-refractivity contribution in [2.75, 3.05) is 39.3 Å². The molecule has 176 valence electrons. The molecule has 1 aromatic carbocycles. The van der Waals surface area contributed by atoms with Crippen LogP contribution in [0.15, 0.2) is 35.4 Å². The zero-order chi connectivity index (χ0) is 22.6. The van der Waals surface area contributed by atoms with E-state index in [1.54, 1.807) is 12.1 Å². The lowest BCUT2D eigenvalue weighted by atomic mass is 9.99. The molecule has 3 heterocycles. The Morgan fingerprint density at radius 1 is 1.06 bits per heavy atom. The number of likely N-dealkylation sites (tertiary alicyclic amines) is 1. The van der Waals surface area contributed by atoms with Crippen LogP contribution in [0.3, 0.4) is 0 Å². The third kappa shape index (κ3) is 5.35. The van der Waals surface area contributed by atoms with E-state index in [0.29, 0.717) is 24.4 Å². The molecule has 1 atom stereocenters. The number of nitrogens with one attached hydrogen (secondary N) is 1. The quantitative estimate of drug-likeness (QED) is 0.645. The molecule has 1 amide bonds. The van der Waals surface area contributed by atoms with E-state index < -0.39 is 10.0 Å². The van der Waals surface area contributed by atoms with E-state index in [4.69, 9.17) is 0 Å². The minimum absolute atomic E-state index is 0.0146. The van der Waals surface area contributed by atoms with Crippen LogP contribution in [-0.2, 0) is 21.9 Å². The largest absolute Gasteiger partial charge is 0.356 e. The molecule has 1 aromatic heterocycles. The van der Waals surface area contributed by atoms with Gasteiger partial charge < -0.3 is 14.8 Å². The molecule has 32 heavy (non-hydrogen) atoms. The Morgan fingerprint density at radius 2 is 1.84 bits per heavy atom. The molecule has 0 unspecified atom stereocenters. The smallest absolute Gasteiger partial charge is 0.243 e. The van der Waals surface area contributed by atoms with Gasteiger partial charge in [-0.25, -0.2) is 8.42 Å². The van der Waals surface area contributed by atoms with Gasteiger partial charge in [-0.2, -0.15) is 4.31 Å². The van der Waals surface area contributed by atoms with Gasteiger partial charge in [0.15, 0.2) is 0 Å². The van der Waals surface area contributed by atoms with Crippen molar-refractivity contribution in [3.8, 4) is 0 Å². The average molecular weight is 461 g/mol. The lowest BCUT2D eigenvalue weighted by Gasteiger charge is -2.31. The Labute approximate surface area is 191 Å². The molecule has 2 saturated heterocycles. The summed E-state index contributed by atoms with van der Waals surface area (Å²) in [7, 11) is -1.67. The molecule has 1 N–H and O–H groups in total. The van der Waals surface area contributed by atoms with E-state index in [0.717, 1.165) is 43.4 Å². The van der Waals surface area contributed by atoms with E-state index in [1.165, 1.54) is 30.0 Å². The number of fused-ring (bicyclic) bond motifs is 1. The van der Waals surface area contributed by atoms with Gasteiger partial charge in [0, 0.05) is 43.8 Å². The van der Waals surface area contributed by atoms with E-state index >= 15 is 0 Å². The molecule has 2 aliphatic heterocycles. The number of hydrogen-bond acceptors (Lipinski definition) is 4. The molecule has 4 rings (SSSR count). The molecule has 2 aromatic rings. The van der Waals surface area contributed by atoms with Gasteiger partial charge in [0.2, 0.25) is 15.9 Å². The first-order chi connectivity index (χ1) is 15.4. The predicted octanol–water partition coefficient (Wildman–Crippen LogP) is 2.96. The number of aryl methyl sites for hydroxylation is 1. The fourth-order valence-electron chi connectivity index (χ4n) is 4.96. The lowest BCUT2D eigenvalue weighted by Crippen LogP contribution is -2.45. The highest BCUT2D eigenvalue weighted by Crippen LogP contribution is 2.26. The molecular weight excluding hydrogens is 424 g/mol. The van der Waals surface area contributed by atoms with Gasteiger partial charge in [-0.1, -0.05) is 12.8 Å². The van der Waals surface area contributed by atoms with Gasteiger partial charge in [0.1, 0.15) is 0 Å². The van der Waals surface area contributed by atoms with E-state index in [2.05, 4.69) is 10.2 Å². The minimum atomic E-state index is -3.62. The second-order valence-electron chi connectivity index (χ2n) is 9.25. The Balaban J connectivity index is 1.31. The minimum Gasteiger partial charge on any atom is -0.356 e. The summed E-state index contributed by atoms with van der Waals surface area (Å²) in [5, 5.41) is 3.96. The maximum absolute atomic E-state index is 13.3. The van der Waals surface area contributed by atoms with E-state index in [1.807, 2.05) is 29.9 Å². The normalized spacial score (nSPS) is 21.5. The molecule has 8 heteroatoms. The van der Waals surface area contributed by atoms with E-state index in [-0.39, 0.29) is 18.4 Å². The number of piperidine rings is 1. The zero-order valence-corrected chi connectivity index (χ0v) is 19.9. The zero-order valence-electron chi connectivity index (χ0n) is 19.1. The molecule has 0 saturated carbocycles. The lowest BCUT2D eigenvalue weighted by molar-refractivity contribution is -0.126. The highest BCUT2D eigenvalue weighted by atomic mass is 32.2. The van der Waals surface area contributed by atoms with Crippen LogP contribution in [0.25, 0.3) is 10.9 Å². The van der Waals surface area contributed by atoms with E-state index in [9.17, 15) is 13.2 Å². The van der Waals surface area contributed by atoms with Crippen molar-refractivity contribution in [2.45, 2.75) is 49.8 Å². The molecule has 2 fully saturated rings. The molecule has 0 aliphatic carbocycles. The van der Waals surface area contributed by atoms with Gasteiger partial charge in [-0.15, -0.1) is 0 Å². The first-order valence-corrected chi connectivity index (χ1v) is 13.4. The van der Waals surface area contributed by atoms with Crippen LogP contribution in [0.2, 0.25) is 0 Å². The number of amides is 1. The maximum Gasteiger partial charge on any atom is 0.243 e. The van der Waals surface area contributed by atoms with Crippen molar-refractivity contribution in [2.24, 2.45) is 13.0 Å². The molecule has 2 aliphatic rings. The number of carbonyl (C=O) groups excluding carboxylic acids is 1. The summed E-state index contributed by atoms with van der Waals surface area (Å²) in [5.74, 6) is -0.295. The topological polar surface area (TPSA) is 74.6 Å². The van der Waals surface area contributed by atoms with Crippen LogP contribution in [0.5, 0.6) is 0 Å². The highest BCUT2D eigenvalue weighted by Gasteiger charge is 2.33. The Hall–Kier alpha value is -1.90. The third-order valence-corrected chi connectivity index (χ3v) is 8.76. The summed E-state index contributed by atoms with van der Waals surface area (Å²) >= 11 is 0. The van der Waals surface area contributed by atoms with Crippen LogP contribution < -0.4 is 5.32 Å². The summed E-state index contributed by atoms with van der Waals surface area (Å²) in [5.41, 5.74) is 1.00. The SMILES string of the molecule is Cn1ccc2cc(S(=O)(=O)N3CCC[C@H](C(=O)NCCCN4CCCCCC4)C3)ccc21. The molecule has 7 nitrogen and oxygen atoms in total. The Morgan fingerprint density at radius 3 is 2.62 bits per heavy atom. The Bertz CT molecular complexity index is 1030. The first kappa shape index (κ1) is 23.3. The van der Waals surface area contributed by atoms with Crippen LogP contribution in [0, 0.1) is 5.92 Å². The summed E-state index contributed by atoms with van der Waals surface area (Å²) in [6.45, 7) is 4.73. The number of hydrogen-bond donors (Lipinski definition) is 1. The number of carbonyl (C=O) groups is 1. The molecule has 0 radical (unpaired) electrons. The second-order valence-corrected chi connectivity index (χ2v) is 11.2. The van der Waals surface area contributed by atoms with Gasteiger partial charge in [-0.3, -0.25) is 4.79 Å². The maximum atomic E-state index is 13.3. The highest BCUT2D eigenvalue weighted by molar-refractivity contribution is 7.89. The van der Waals surface area contributed by atoms with Gasteiger partial charge in [0.25, 0.3) is 0 Å². The predicted molar refractivity (Wildman–Crippen MR) is 127 cm³/mol. The van der Waals surface area contributed by atoms with Crippen LogP contribution in [0.1, 0.15) is 44.9 Å². The van der Waals surface area contributed by atoms with Crippen molar-refractivity contribution in [3.05, 3.63) is 30.5 Å². The monoisotopic (exact) mass is 460 g/mol. The number of aromatic nitrogens is 1. The standard InChI is InChI=1S/C24H36N4O3S/c1-26-17-11-20-18-22(9-10-23(20)26)32(30,31)28-16-6-8-21(19-28)24(29)25-12-7-15-27-13-4-2-3-5-14-27/h9-11,17-18,21H,2-8,12-16,19H2,1H3,(H,25,29)/t21-/m0/s1. The van der Waals surface area contributed by atoms with Crippen LogP contribution >= 0.6 is 0 Å². The first-order valence-electron chi connectivity index (χ1n) is 12.0. The molecular formula is C24H36N4O3S. The van der Waals surface area contributed by atoms with Crippen LogP contribution in [-0.4, -0.2) is 67.4 Å². The number of benzene rings is 1. The second kappa shape index (κ2) is 10.4. The average Bonchev–Trinajstić information content (AvgIpc) is 2.99. The molecule has 0 bridgehead atoms. The van der Waals surface area contributed by atoms with Gasteiger partial charge in [-0.05, 0) is 76.0 Å². The van der Waals surface area contributed by atoms with Crippen molar-refractivity contribution in [1.82, 2.24) is 19.1 Å². The number of rotatable bonds is 7. The van der Waals surface area contributed by atoms with Gasteiger partial charge >= 0.3 is 0 Å². The summed E-state index contributed by atoms with van der Waals surface area (Å²) in [4.78, 5) is 15.5. The number of sulfonamides is 1. The van der Waals surface area contributed by atoms with Crippen molar-refractivity contribution >= 4 is 26.8 Å². The van der Waals surface area contributed by atoms with Crippen molar-refractivity contribution in [1.29, 1.82) is 0 Å². The summed E-state index contributed by atoms with van der Waals surface area (Å²) < 4.78 is 30.0. The molecule has 0 spiro atoms. The van der Waals surface area contributed by atoms with Gasteiger partial charge in [0.05, 0.1) is 10.8 Å². The Kier molecular flexibility index (Phi) is 7.53. The summed E-state index contributed by atoms with van der Waals surface area (Å²) in [6.07, 6.45) is 9.51. The van der Waals surface area contributed by atoms with Crippen molar-refractivity contribution < 1.29 is 13.2 Å². The summed E-state index contributed by atoms with van der Waals surface area (Å²) in [6, 6.07) is 7.18. The fraction of sp³-hybridized carbons (Fsp3) is 0.625. The van der Waals surface area contributed by atoms with Crippen LogP contribution in [0.4, 0.5) is 0 Å².